The summed E-state index contributed by atoms with van der Waals surface area (Å²) in [6.07, 6.45) is 8.76. The molecule has 3 unspecified atom stereocenters. The molecule has 0 saturated heterocycles. The van der Waals surface area contributed by atoms with E-state index in [4.69, 9.17) is 4.74 Å². The Morgan fingerprint density at radius 2 is 1.86 bits per heavy atom. The summed E-state index contributed by atoms with van der Waals surface area (Å²) in [4.78, 5) is 23.7. The van der Waals surface area contributed by atoms with Crippen LogP contribution in [0, 0.1) is 34.5 Å². The molecule has 5 nitrogen and oxygen atoms in total. The van der Waals surface area contributed by atoms with Gasteiger partial charge in [-0.05, 0) is 74.2 Å². The third-order valence-corrected chi connectivity index (χ3v) is 8.86. The van der Waals surface area contributed by atoms with E-state index in [2.05, 4.69) is 25.1 Å². The number of fused-ring (bicyclic) bond motifs is 5. The summed E-state index contributed by atoms with van der Waals surface area (Å²) in [6, 6.07) is 0. The predicted octanol–water partition coefficient (Wildman–Crippen LogP) is 4.53. The summed E-state index contributed by atoms with van der Waals surface area (Å²) in [5, 5.41) is 13.6. The van der Waals surface area contributed by atoms with Crippen molar-refractivity contribution in [2.24, 2.45) is 39.7 Å². The summed E-state index contributed by atoms with van der Waals surface area (Å²) < 4.78 is 5.50. The van der Waals surface area contributed by atoms with Crippen LogP contribution >= 0.6 is 0 Å². The third-order valence-electron chi connectivity index (χ3n) is 8.86. The Hall–Kier alpha value is -1.65. The molecule has 0 aromatic carbocycles. The standard InChI is InChI=1S/C23H33NO4/c1-13(25)17-5-6-18-21-19(8-10-23(17,18)4)22(3)9-7-16(28-14(2)26)11-15(22)12-20(21)24-27/h12,16-19,21,27H,5-11H2,1-4H3/b24-20+/t16-,17+,18?,19?,21?,22-,23+/m0/s1. The minimum atomic E-state index is -0.228. The number of ether oxygens (including phenoxy) is 1. The van der Waals surface area contributed by atoms with Gasteiger partial charge in [-0.25, -0.2) is 0 Å². The Bertz CT molecular complexity index is 756. The van der Waals surface area contributed by atoms with Crippen LogP contribution < -0.4 is 0 Å². The molecule has 0 heterocycles. The topological polar surface area (TPSA) is 76.0 Å². The maximum Gasteiger partial charge on any atom is 0.302 e. The normalized spacial score (nSPS) is 46.2. The van der Waals surface area contributed by atoms with Gasteiger partial charge in [0.1, 0.15) is 11.9 Å². The molecule has 28 heavy (non-hydrogen) atoms. The highest BCUT2D eigenvalue weighted by Gasteiger charge is 2.61. The van der Waals surface area contributed by atoms with Gasteiger partial charge in [0.15, 0.2) is 0 Å². The lowest BCUT2D eigenvalue weighted by atomic mass is 9.47. The number of ketones is 1. The van der Waals surface area contributed by atoms with Crippen LogP contribution in [0.1, 0.15) is 72.6 Å². The summed E-state index contributed by atoms with van der Waals surface area (Å²) in [6.45, 7) is 7.85. The van der Waals surface area contributed by atoms with Crippen LogP contribution in [0.25, 0.3) is 0 Å². The predicted molar refractivity (Wildman–Crippen MR) is 106 cm³/mol. The van der Waals surface area contributed by atoms with Crippen molar-refractivity contribution < 1.29 is 19.5 Å². The Morgan fingerprint density at radius 1 is 1.11 bits per heavy atom. The van der Waals surface area contributed by atoms with Gasteiger partial charge in [0.2, 0.25) is 0 Å². The number of allylic oxidation sites excluding steroid dienone is 1. The van der Waals surface area contributed by atoms with Gasteiger partial charge in [-0.1, -0.05) is 24.6 Å². The first-order valence-corrected chi connectivity index (χ1v) is 10.8. The highest BCUT2D eigenvalue weighted by atomic mass is 16.5. The summed E-state index contributed by atoms with van der Waals surface area (Å²) in [7, 11) is 0. The third kappa shape index (κ3) is 2.76. The molecule has 0 aromatic heterocycles. The number of Topliss-reactive ketones (excluding diaryl/α,β-unsaturated/α-hetero) is 1. The van der Waals surface area contributed by atoms with Crippen molar-refractivity contribution in [2.75, 3.05) is 0 Å². The van der Waals surface area contributed by atoms with Gasteiger partial charge >= 0.3 is 5.97 Å². The lowest BCUT2D eigenvalue weighted by Gasteiger charge is -2.57. The molecule has 4 aliphatic rings. The smallest absolute Gasteiger partial charge is 0.302 e. The Labute approximate surface area is 167 Å². The SMILES string of the molecule is CC(=O)O[C@H]1CC[C@@]2(C)C(=C/C(=N\O)C3C2CC[C@@]2(C)C3CC[C@@H]2C(C)=O)C1. The maximum absolute atomic E-state index is 12.3. The zero-order valence-corrected chi connectivity index (χ0v) is 17.5. The second-order valence-corrected chi connectivity index (χ2v) is 10.1. The van der Waals surface area contributed by atoms with E-state index in [1.165, 1.54) is 12.5 Å². The number of hydrogen-bond donors (Lipinski definition) is 1. The molecule has 0 bridgehead atoms. The molecule has 0 aliphatic heterocycles. The molecule has 0 amide bonds. The highest BCUT2D eigenvalue weighted by molar-refractivity contribution is 5.99. The number of carbonyl (C=O) groups excluding carboxylic acids is 2. The van der Waals surface area contributed by atoms with Gasteiger partial charge in [0, 0.05) is 25.2 Å². The van der Waals surface area contributed by atoms with Crippen LogP contribution in [0.2, 0.25) is 0 Å². The van der Waals surface area contributed by atoms with Crippen molar-refractivity contribution in [3.05, 3.63) is 11.6 Å². The summed E-state index contributed by atoms with van der Waals surface area (Å²) >= 11 is 0. The van der Waals surface area contributed by atoms with Crippen molar-refractivity contribution in [3.63, 3.8) is 0 Å². The van der Waals surface area contributed by atoms with Crippen LogP contribution in [-0.4, -0.2) is 28.8 Å². The Morgan fingerprint density at radius 3 is 2.50 bits per heavy atom. The Balaban J connectivity index is 1.69. The average Bonchev–Trinajstić information content (AvgIpc) is 2.98. The van der Waals surface area contributed by atoms with E-state index in [1.54, 1.807) is 6.92 Å². The van der Waals surface area contributed by atoms with Crippen LogP contribution in [0.4, 0.5) is 0 Å². The van der Waals surface area contributed by atoms with Gasteiger partial charge in [-0.15, -0.1) is 0 Å². The first kappa shape index (κ1) is 19.7. The quantitative estimate of drug-likeness (QED) is 0.429. The largest absolute Gasteiger partial charge is 0.462 e. The Kier molecular flexibility index (Phi) is 4.71. The van der Waals surface area contributed by atoms with Gasteiger partial charge in [0.05, 0.1) is 5.71 Å². The van der Waals surface area contributed by atoms with E-state index in [9.17, 15) is 14.8 Å². The molecule has 0 aromatic rings. The summed E-state index contributed by atoms with van der Waals surface area (Å²) in [5.74, 6) is 1.26. The maximum atomic E-state index is 12.3. The molecule has 5 heteroatoms. The molecule has 3 fully saturated rings. The van der Waals surface area contributed by atoms with Gasteiger partial charge in [-0.3, -0.25) is 9.59 Å². The van der Waals surface area contributed by atoms with E-state index in [0.29, 0.717) is 17.6 Å². The van der Waals surface area contributed by atoms with Gasteiger partial charge < -0.3 is 9.94 Å². The molecular formula is C23H33NO4. The second-order valence-electron chi connectivity index (χ2n) is 10.1. The lowest BCUT2D eigenvalue weighted by molar-refractivity contribution is -0.148. The fourth-order valence-electron chi connectivity index (χ4n) is 7.49. The number of oxime groups is 1. The molecule has 0 spiro atoms. The number of nitrogens with zero attached hydrogens (tertiary/aromatic N) is 1. The van der Waals surface area contributed by atoms with E-state index in [0.717, 1.165) is 50.7 Å². The van der Waals surface area contributed by atoms with Crippen LogP contribution in [0.3, 0.4) is 0 Å². The van der Waals surface area contributed by atoms with Crippen molar-refractivity contribution in [3.8, 4) is 0 Å². The van der Waals surface area contributed by atoms with Crippen molar-refractivity contribution in [1.29, 1.82) is 0 Å². The van der Waals surface area contributed by atoms with E-state index in [1.807, 2.05) is 0 Å². The van der Waals surface area contributed by atoms with Crippen molar-refractivity contribution in [1.82, 2.24) is 0 Å². The van der Waals surface area contributed by atoms with Crippen molar-refractivity contribution >= 4 is 17.5 Å². The number of carbonyl (C=O) groups is 2. The van der Waals surface area contributed by atoms with Gasteiger partial charge in [-0.2, -0.15) is 0 Å². The number of rotatable bonds is 2. The molecular weight excluding hydrogens is 354 g/mol. The second kappa shape index (κ2) is 6.70. The van der Waals surface area contributed by atoms with Gasteiger partial charge in [0.25, 0.3) is 0 Å². The fourth-order valence-corrected chi connectivity index (χ4v) is 7.49. The fraction of sp³-hybridized carbons (Fsp3) is 0.783. The molecule has 154 valence electrons. The van der Waals surface area contributed by atoms with Crippen LogP contribution in [0.5, 0.6) is 0 Å². The average molecular weight is 388 g/mol. The van der Waals surface area contributed by atoms with Crippen molar-refractivity contribution in [2.45, 2.75) is 78.7 Å². The first-order chi connectivity index (χ1) is 13.2. The molecule has 1 N–H and O–H groups in total. The first-order valence-electron chi connectivity index (χ1n) is 10.8. The van der Waals surface area contributed by atoms with E-state index in [-0.39, 0.29) is 34.7 Å². The molecule has 0 radical (unpaired) electrons. The summed E-state index contributed by atoms with van der Waals surface area (Å²) in [5.41, 5.74) is 2.12. The molecule has 4 aliphatic carbocycles. The number of hydrogen-bond acceptors (Lipinski definition) is 5. The van der Waals surface area contributed by atoms with Crippen LogP contribution in [0.15, 0.2) is 16.8 Å². The monoisotopic (exact) mass is 387 g/mol. The zero-order valence-electron chi connectivity index (χ0n) is 17.5. The van der Waals surface area contributed by atoms with Crippen LogP contribution in [-0.2, 0) is 14.3 Å². The molecule has 4 rings (SSSR count). The van der Waals surface area contributed by atoms with E-state index >= 15 is 0 Å². The zero-order chi connectivity index (χ0) is 20.3. The lowest BCUT2D eigenvalue weighted by Crippen LogP contribution is -2.54. The molecule has 3 saturated carbocycles. The minimum Gasteiger partial charge on any atom is -0.462 e. The van der Waals surface area contributed by atoms with E-state index < -0.39 is 0 Å². The molecule has 7 atom stereocenters. The minimum absolute atomic E-state index is 0.0135. The number of esters is 1. The highest BCUT2D eigenvalue weighted by Crippen LogP contribution is 2.65.